The first kappa shape index (κ1) is 33.5. The number of aryl methyl sites for hydroxylation is 1. The van der Waals surface area contributed by atoms with Crippen LogP contribution in [0.4, 0.5) is 0 Å². The van der Waals surface area contributed by atoms with Crippen LogP contribution in [0, 0.1) is 6.92 Å². The van der Waals surface area contributed by atoms with Crippen LogP contribution < -0.4 is 0 Å². The Hall–Kier alpha value is -6.30. The number of thiophene rings is 1. The third-order valence-corrected chi connectivity index (χ3v) is 11.3. The Bertz CT molecular complexity index is 2840. The Morgan fingerprint density at radius 1 is 0.574 bits per heavy atom. The number of phenolic OH excluding ortho intramolecular Hbond substituents is 1. The van der Waals surface area contributed by atoms with E-state index in [2.05, 4.69) is 160 Å². The molecule has 0 radical (unpaired) electrons. The topological polar surface area (TPSA) is 50.9 Å². The summed E-state index contributed by atoms with van der Waals surface area (Å²) in [7, 11) is 0. The largest absolute Gasteiger partial charge is 0.507 e. The Morgan fingerprint density at radius 3 is 2.02 bits per heavy atom. The average Bonchev–Trinajstić information content (AvgIpc) is 3.72. The van der Waals surface area contributed by atoms with Crippen molar-refractivity contribution in [3.63, 3.8) is 0 Å². The molecule has 4 nitrogen and oxygen atoms in total. The van der Waals surface area contributed by atoms with Crippen LogP contribution >= 0.6 is 11.3 Å². The van der Waals surface area contributed by atoms with Crippen molar-refractivity contribution in [1.29, 1.82) is 0 Å². The van der Waals surface area contributed by atoms with Gasteiger partial charge in [0.05, 0.1) is 32.8 Å². The summed E-state index contributed by atoms with van der Waals surface area (Å²) in [5.41, 5.74) is 14.3. The van der Waals surface area contributed by atoms with Gasteiger partial charge in [0, 0.05) is 44.4 Å². The minimum absolute atomic E-state index is 0.00676. The zero-order chi connectivity index (χ0) is 37.0. The molecule has 0 aliphatic carbocycles. The van der Waals surface area contributed by atoms with E-state index < -0.39 is 0 Å². The van der Waals surface area contributed by atoms with Gasteiger partial charge in [-0.2, -0.15) is 0 Å². The molecule has 0 aliphatic heterocycles. The van der Waals surface area contributed by atoms with Gasteiger partial charge < -0.3 is 9.67 Å². The highest BCUT2D eigenvalue weighted by molar-refractivity contribution is 7.20. The smallest absolute Gasteiger partial charge is 0.124 e. The summed E-state index contributed by atoms with van der Waals surface area (Å²) < 4.78 is 3.71. The Balaban J connectivity index is 1.26. The molecule has 5 heteroatoms. The van der Waals surface area contributed by atoms with Crippen LogP contribution in [0.15, 0.2) is 158 Å². The predicted octanol–water partition coefficient (Wildman–Crippen LogP) is 13.3. The summed E-state index contributed by atoms with van der Waals surface area (Å²) in [6.45, 7) is 8.85. The molecule has 0 amide bonds. The van der Waals surface area contributed by atoms with Gasteiger partial charge in [-0.15, -0.1) is 11.3 Å². The van der Waals surface area contributed by atoms with E-state index in [1.165, 1.54) is 31.6 Å². The monoisotopic (exact) mass is 717 g/mol. The molecule has 9 aromatic rings. The summed E-state index contributed by atoms with van der Waals surface area (Å²) in [6.07, 6.45) is 1.90. The maximum atomic E-state index is 11.1. The van der Waals surface area contributed by atoms with Crippen molar-refractivity contribution < 1.29 is 5.11 Å². The second-order valence-corrected chi connectivity index (χ2v) is 16.2. The molecule has 4 heterocycles. The number of fused-ring (bicyclic) bond motifs is 3. The van der Waals surface area contributed by atoms with Crippen molar-refractivity contribution in [2.75, 3.05) is 0 Å². The first-order chi connectivity index (χ1) is 26.2. The third-order valence-electron chi connectivity index (χ3n) is 10.2. The molecule has 0 fully saturated rings. The number of hydrogen-bond acceptors (Lipinski definition) is 4. The molecular weight excluding hydrogens is 679 g/mol. The van der Waals surface area contributed by atoms with E-state index in [1.807, 2.05) is 35.7 Å². The molecule has 0 saturated carbocycles. The molecule has 0 saturated heterocycles. The minimum Gasteiger partial charge on any atom is -0.507 e. The molecule has 262 valence electrons. The highest BCUT2D eigenvalue weighted by Gasteiger charge is 2.21. The van der Waals surface area contributed by atoms with Crippen molar-refractivity contribution in [2.45, 2.75) is 33.1 Å². The second-order valence-electron chi connectivity index (χ2n) is 14.9. The van der Waals surface area contributed by atoms with Crippen LogP contribution in [0.5, 0.6) is 5.75 Å². The van der Waals surface area contributed by atoms with Crippen LogP contribution in [0.1, 0.15) is 31.2 Å². The molecular formula is C49H39N3OS. The molecule has 0 aliphatic rings. The van der Waals surface area contributed by atoms with E-state index in [0.717, 1.165) is 50.5 Å². The van der Waals surface area contributed by atoms with Crippen LogP contribution in [0.2, 0.25) is 0 Å². The molecule has 4 aromatic heterocycles. The van der Waals surface area contributed by atoms with Gasteiger partial charge >= 0.3 is 0 Å². The molecule has 54 heavy (non-hydrogen) atoms. The highest BCUT2D eigenvalue weighted by Crippen LogP contribution is 2.45. The fourth-order valence-corrected chi connectivity index (χ4v) is 8.56. The summed E-state index contributed by atoms with van der Waals surface area (Å²) in [4.78, 5) is 11.3. The van der Waals surface area contributed by atoms with Crippen LogP contribution in [0.3, 0.4) is 0 Å². The Labute approximate surface area is 319 Å². The van der Waals surface area contributed by atoms with Crippen molar-refractivity contribution in [3.8, 4) is 67.5 Å². The maximum Gasteiger partial charge on any atom is 0.124 e. The van der Waals surface area contributed by atoms with Gasteiger partial charge in [0.25, 0.3) is 0 Å². The number of hydrogen-bond donors (Lipinski definition) is 1. The molecule has 9 rings (SSSR count). The molecule has 1 N–H and O–H groups in total. The maximum absolute atomic E-state index is 11.1. The SMILES string of the molecule is Cc1cc2c(s1)c1cccc(-c3ccccc3-c3cc(-c4cccc(-c5cc(C(C)(C)C)ccn5)c4)nc(-c4ccccc4O)c3)c1n2-c1ccccc1. The minimum atomic E-state index is 0.00676. The number of benzene rings is 5. The summed E-state index contributed by atoms with van der Waals surface area (Å²) in [6, 6.07) is 52.7. The molecule has 0 spiro atoms. The lowest BCUT2D eigenvalue weighted by Gasteiger charge is -2.19. The number of para-hydroxylation sites is 3. The van der Waals surface area contributed by atoms with Crippen LogP contribution in [-0.2, 0) is 5.41 Å². The molecule has 0 unspecified atom stereocenters. The zero-order valence-corrected chi connectivity index (χ0v) is 31.5. The molecule has 5 aromatic carbocycles. The number of nitrogens with zero attached hydrogens (tertiary/aromatic N) is 3. The molecule has 0 bridgehead atoms. The average molecular weight is 718 g/mol. The third kappa shape index (κ3) is 5.97. The summed E-state index contributed by atoms with van der Waals surface area (Å²) >= 11 is 1.85. The first-order valence-electron chi connectivity index (χ1n) is 18.3. The van der Waals surface area contributed by atoms with Gasteiger partial charge in [-0.1, -0.05) is 112 Å². The predicted molar refractivity (Wildman–Crippen MR) is 227 cm³/mol. The summed E-state index contributed by atoms with van der Waals surface area (Å²) in [5, 5.41) is 12.3. The fraction of sp³-hybridized carbons (Fsp3) is 0.102. The van der Waals surface area contributed by atoms with Gasteiger partial charge in [-0.3, -0.25) is 4.98 Å². The van der Waals surface area contributed by atoms with Gasteiger partial charge in [0.1, 0.15) is 5.75 Å². The number of phenols is 1. The van der Waals surface area contributed by atoms with E-state index in [1.54, 1.807) is 6.07 Å². The highest BCUT2D eigenvalue weighted by atomic mass is 32.1. The quantitative estimate of drug-likeness (QED) is 0.186. The van der Waals surface area contributed by atoms with E-state index in [4.69, 9.17) is 9.97 Å². The summed E-state index contributed by atoms with van der Waals surface area (Å²) in [5.74, 6) is 0.194. The lowest BCUT2D eigenvalue weighted by atomic mass is 9.87. The lowest BCUT2D eigenvalue weighted by molar-refractivity contribution is 0.477. The number of rotatable bonds is 6. The number of pyridine rings is 2. The van der Waals surface area contributed by atoms with E-state index in [0.29, 0.717) is 11.3 Å². The van der Waals surface area contributed by atoms with Crippen molar-refractivity contribution >= 4 is 32.5 Å². The molecule has 0 atom stereocenters. The first-order valence-corrected chi connectivity index (χ1v) is 19.1. The van der Waals surface area contributed by atoms with Gasteiger partial charge in [0.15, 0.2) is 0 Å². The fourth-order valence-electron chi connectivity index (χ4n) is 7.54. The van der Waals surface area contributed by atoms with Gasteiger partial charge in [-0.05, 0) is 95.3 Å². The van der Waals surface area contributed by atoms with E-state index >= 15 is 0 Å². The normalized spacial score (nSPS) is 11.8. The Kier molecular flexibility index (Phi) is 8.25. The van der Waals surface area contributed by atoms with Crippen LogP contribution in [-0.4, -0.2) is 19.6 Å². The zero-order valence-electron chi connectivity index (χ0n) is 30.7. The lowest BCUT2D eigenvalue weighted by Crippen LogP contribution is -2.11. The van der Waals surface area contributed by atoms with Crippen molar-refractivity contribution in [3.05, 3.63) is 168 Å². The number of aromatic hydroxyl groups is 1. The van der Waals surface area contributed by atoms with E-state index in [9.17, 15) is 5.11 Å². The second kappa shape index (κ2) is 13.3. The van der Waals surface area contributed by atoms with Crippen LogP contribution in [0.25, 0.3) is 82.8 Å². The van der Waals surface area contributed by atoms with E-state index in [-0.39, 0.29) is 11.2 Å². The van der Waals surface area contributed by atoms with Crippen molar-refractivity contribution in [1.82, 2.24) is 14.5 Å². The number of aromatic nitrogens is 3. The van der Waals surface area contributed by atoms with Crippen molar-refractivity contribution in [2.24, 2.45) is 0 Å². The Morgan fingerprint density at radius 2 is 1.24 bits per heavy atom. The van der Waals surface area contributed by atoms with Gasteiger partial charge in [0.2, 0.25) is 0 Å². The van der Waals surface area contributed by atoms with Gasteiger partial charge in [-0.25, -0.2) is 4.98 Å². The standard InChI is InChI=1S/C49H39N3OS/c1-31-26-45-48(54-31)41-22-13-21-39(47(41)52(45)36-16-6-5-7-17-36)38-19-9-8-18-37(38)34-28-43(51-44(29-34)40-20-10-11-23-46(40)53)33-15-12-14-32(27-33)42-30-35(24-25-50-42)49(2,3)4/h5-30,53H,1-4H3.